The lowest BCUT2D eigenvalue weighted by Crippen LogP contribution is -2.39. The summed E-state index contributed by atoms with van der Waals surface area (Å²) in [5, 5.41) is 1.96. The van der Waals surface area contributed by atoms with E-state index in [1.165, 1.54) is 35.9 Å². The zero-order chi connectivity index (χ0) is 21.2. The number of carbonyl (C=O) groups is 2. The highest BCUT2D eigenvalue weighted by Crippen LogP contribution is 2.48. The van der Waals surface area contributed by atoms with E-state index in [1.807, 2.05) is 0 Å². The van der Waals surface area contributed by atoms with Gasteiger partial charge in [-0.25, -0.2) is 14.4 Å². The summed E-state index contributed by atoms with van der Waals surface area (Å²) in [6.07, 6.45) is 0.231. The molecule has 0 radical (unpaired) electrons. The Labute approximate surface area is 168 Å². The summed E-state index contributed by atoms with van der Waals surface area (Å²) < 4.78 is 50.2. The van der Waals surface area contributed by atoms with Gasteiger partial charge in [-0.3, -0.25) is 9.59 Å². The van der Waals surface area contributed by atoms with Crippen LogP contribution in [-0.2, 0) is 16.6 Å². The number of alkyl halides is 3. The van der Waals surface area contributed by atoms with Crippen LogP contribution in [0.2, 0.25) is 5.02 Å². The molecule has 1 aromatic heterocycles. The number of nitrogens with one attached hydrogen (secondary N) is 1. The van der Waals surface area contributed by atoms with Gasteiger partial charge in [0.2, 0.25) is 0 Å². The number of hydrogen-bond donors (Lipinski definition) is 1. The zero-order valence-corrected chi connectivity index (χ0v) is 15.8. The predicted octanol–water partition coefficient (Wildman–Crippen LogP) is 3.79. The Kier molecular flexibility index (Phi) is 5.88. The highest BCUT2D eigenvalue weighted by atomic mass is 35.5. The second-order valence-electron chi connectivity index (χ2n) is 6.93. The minimum absolute atomic E-state index is 0.0253. The normalized spacial score (nSPS) is 15.5. The molecule has 1 amide bonds. The van der Waals surface area contributed by atoms with Crippen molar-refractivity contribution in [1.82, 2.24) is 15.3 Å². The SMILES string of the molecule is O=C(CNC(=O)C(F)(F)F)c1cnc(CC2(c3cc(F)ccc3Cl)CCC2)nc1. The van der Waals surface area contributed by atoms with Crippen LogP contribution in [0.5, 0.6) is 0 Å². The van der Waals surface area contributed by atoms with Crippen molar-refractivity contribution < 1.29 is 27.2 Å². The van der Waals surface area contributed by atoms with Gasteiger partial charge < -0.3 is 5.32 Å². The molecule has 0 aliphatic heterocycles. The van der Waals surface area contributed by atoms with E-state index < -0.39 is 35.6 Å². The third-order valence-electron chi connectivity index (χ3n) is 5.00. The first-order valence-corrected chi connectivity index (χ1v) is 9.13. The number of amides is 1. The van der Waals surface area contributed by atoms with Gasteiger partial charge in [0.05, 0.1) is 12.1 Å². The fourth-order valence-electron chi connectivity index (χ4n) is 3.30. The molecule has 1 N–H and O–H groups in total. The molecule has 154 valence electrons. The van der Waals surface area contributed by atoms with E-state index in [4.69, 9.17) is 11.6 Å². The van der Waals surface area contributed by atoms with Crippen LogP contribution in [0.15, 0.2) is 30.6 Å². The summed E-state index contributed by atoms with van der Waals surface area (Å²) in [6, 6.07) is 4.19. The molecule has 0 atom stereocenters. The van der Waals surface area contributed by atoms with Crippen LogP contribution in [0.25, 0.3) is 0 Å². The van der Waals surface area contributed by atoms with E-state index in [1.54, 1.807) is 0 Å². The molecule has 0 unspecified atom stereocenters. The number of carbonyl (C=O) groups excluding carboxylic acids is 2. The molecule has 1 aliphatic rings. The Hall–Kier alpha value is -2.55. The number of nitrogens with zero attached hydrogens (tertiary/aromatic N) is 2. The Morgan fingerprint density at radius 1 is 1.17 bits per heavy atom. The summed E-state index contributed by atoms with van der Waals surface area (Å²) in [7, 11) is 0. The van der Waals surface area contributed by atoms with Gasteiger partial charge in [-0.1, -0.05) is 18.0 Å². The van der Waals surface area contributed by atoms with Crippen LogP contribution in [0.1, 0.15) is 41.0 Å². The van der Waals surface area contributed by atoms with Crippen molar-refractivity contribution in [2.45, 2.75) is 37.3 Å². The van der Waals surface area contributed by atoms with Crippen molar-refractivity contribution in [1.29, 1.82) is 0 Å². The maximum Gasteiger partial charge on any atom is 0.471 e. The molecule has 3 rings (SSSR count). The van der Waals surface area contributed by atoms with Gasteiger partial charge in [-0.2, -0.15) is 13.2 Å². The van der Waals surface area contributed by atoms with Gasteiger partial charge in [0, 0.05) is 29.3 Å². The standard InChI is InChI=1S/C19H16ClF4N3O2/c20-14-3-2-12(21)6-13(14)18(4-1-5-18)7-16-25-8-11(9-26-16)15(28)10-27-17(29)19(22,23)24/h2-3,6,8-9H,1,4-5,7,10H2,(H,27,29). The first-order valence-electron chi connectivity index (χ1n) is 8.75. The third kappa shape index (κ3) is 4.72. The molecule has 1 saturated carbocycles. The number of Topliss-reactive ketones (excluding diaryl/α,β-unsaturated/α-hetero) is 1. The molecule has 1 fully saturated rings. The van der Waals surface area contributed by atoms with E-state index >= 15 is 0 Å². The number of halogens is 5. The van der Waals surface area contributed by atoms with Gasteiger partial charge in [0.1, 0.15) is 11.6 Å². The Bertz CT molecular complexity index is 928. The molecule has 5 nitrogen and oxygen atoms in total. The van der Waals surface area contributed by atoms with E-state index in [0.29, 0.717) is 22.8 Å². The first-order chi connectivity index (χ1) is 13.6. The van der Waals surface area contributed by atoms with Crippen LogP contribution in [0.3, 0.4) is 0 Å². The largest absolute Gasteiger partial charge is 0.471 e. The molecule has 10 heteroatoms. The van der Waals surface area contributed by atoms with Crippen molar-refractivity contribution in [3.8, 4) is 0 Å². The molecule has 0 spiro atoms. The quantitative estimate of drug-likeness (QED) is 0.560. The maximum absolute atomic E-state index is 13.7. The maximum atomic E-state index is 13.7. The fourth-order valence-corrected chi connectivity index (χ4v) is 3.62. The second-order valence-corrected chi connectivity index (χ2v) is 7.33. The molecule has 2 aromatic rings. The van der Waals surface area contributed by atoms with Crippen LogP contribution >= 0.6 is 11.6 Å². The summed E-state index contributed by atoms with van der Waals surface area (Å²) in [4.78, 5) is 30.9. The van der Waals surface area contributed by atoms with Crippen molar-refractivity contribution >= 4 is 23.3 Å². The average Bonchev–Trinajstić information content (AvgIpc) is 2.64. The number of rotatable bonds is 6. The van der Waals surface area contributed by atoms with Gasteiger partial charge in [0.15, 0.2) is 5.78 Å². The van der Waals surface area contributed by atoms with Crippen molar-refractivity contribution in [2.24, 2.45) is 0 Å². The molecular formula is C19H16ClF4N3O2. The van der Waals surface area contributed by atoms with Gasteiger partial charge in [-0.05, 0) is 36.6 Å². The van der Waals surface area contributed by atoms with E-state index in [-0.39, 0.29) is 5.56 Å². The molecule has 0 saturated heterocycles. The lowest BCUT2D eigenvalue weighted by Gasteiger charge is -2.42. The van der Waals surface area contributed by atoms with Crippen LogP contribution < -0.4 is 5.32 Å². The zero-order valence-electron chi connectivity index (χ0n) is 15.0. The fraction of sp³-hybridized carbons (Fsp3) is 0.368. The smallest absolute Gasteiger partial charge is 0.341 e. The summed E-state index contributed by atoms with van der Waals surface area (Å²) in [5.41, 5.74) is 0.262. The lowest BCUT2D eigenvalue weighted by molar-refractivity contribution is -0.173. The topological polar surface area (TPSA) is 72.0 Å². The molecular weight excluding hydrogens is 414 g/mol. The van der Waals surface area contributed by atoms with E-state index in [2.05, 4.69) is 9.97 Å². The number of benzene rings is 1. The lowest BCUT2D eigenvalue weighted by atomic mass is 9.62. The summed E-state index contributed by atoms with van der Waals surface area (Å²) >= 11 is 6.25. The molecule has 1 heterocycles. The monoisotopic (exact) mass is 429 g/mol. The molecule has 1 aromatic carbocycles. The first kappa shape index (κ1) is 21.2. The highest BCUT2D eigenvalue weighted by molar-refractivity contribution is 6.31. The number of ketones is 1. The predicted molar refractivity (Wildman–Crippen MR) is 96.1 cm³/mol. The van der Waals surface area contributed by atoms with Crippen molar-refractivity contribution in [2.75, 3.05) is 6.54 Å². The van der Waals surface area contributed by atoms with Crippen LogP contribution in [0.4, 0.5) is 17.6 Å². The van der Waals surface area contributed by atoms with Gasteiger partial charge >= 0.3 is 12.1 Å². The van der Waals surface area contributed by atoms with Gasteiger partial charge in [0.25, 0.3) is 0 Å². The highest BCUT2D eigenvalue weighted by Gasteiger charge is 2.41. The minimum atomic E-state index is -5.06. The summed E-state index contributed by atoms with van der Waals surface area (Å²) in [6.45, 7) is -0.816. The number of hydrogen-bond acceptors (Lipinski definition) is 4. The summed E-state index contributed by atoms with van der Waals surface area (Å²) in [5.74, 6) is -2.93. The molecule has 0 bridgehead atoms. The van der Waals surface area contributed by atoms with Crippen LogP contribution in [0, 0.1) is 5.82 Å². The minimum Gasteiger partial charge on any atom is -0.341 e. The second kappa shape index (κ2) is 8.06. The Morgan fingerprint density at radius 3 is 2.38 bits per heavy atom. The van der Waals surface area contributed by atoms with E-state index in [9.17, 15) is 27.2 Å². The van der Waals surface area contributed by atoms with Crippen LogP contribution in [-0.4, -0.2) is 34.4 Å². The van der Waals surface area contributed by atoms with Gasteiger partial charge in [-0.15, -0.1) is 0 Å². The molecule has 29 heavy (non-hydrogen) atoms. The number of aromatic nitrogens is 2. The third-order valence-corrected chi connectivity index (χ3v) is 5.33. The van der Waals surface area contributed by atoms with Crippen molar-refractivity contribution in [3.63, 3.8) is 0 Å². The van der Waals surface area contributed by atoms with Crippen molar-refractivity contribution in [3.05, 3.63) is 58.4 Å². The Balaban J connectivity index is 1.69. The Morgan fingerprint density at radius 2 is 1.83 bits per heavy atom. The average molecular weight is 430 g/mol. The van der Waals surface area contributed by atoms with E-state index in [0.717, 1.165) is 19.3 Å². The molecule has 1 aliphatic carbocycles.